The van der Waals surface area contributed by atoms with Crippen LogP contribution in [0.4, 0.5) is 0 Å². The van der Waals surface area contributed by atoms with Crippen LogP contribution < -0.4 is 11.5 Å². The highest BCUT2D eigenvalue weighted by Crippen LogP contribution is 2.33. The normalized spacial score (nSPS) is 12.1. The first-order valence-corrected chi connectivity index (χ1v) is 6.40. The standard InChI is InChI=1S/C15H20N2O.ClH/c16-10-4-3-7-13(17)15-12-6-2-1-5-11(12)8-9-14(15)18;/h1-2,5-6,8-9,13,18H,3-4,7,10,16-17H2;1H/t13-;/m0./s1. The van der Waals surface area contributed by atoms with Crippen molar-refractivity contribution in [3.05, 3.63) is 42.0 Å². The van der Waals surface area contributed by atoms with Crippen molar-refractivity contribution in [2.24, 2.45) is 11.5 Å². The van der Waals surface area contributed by atoms with Crippen molar-refractivity contribution in [2.75, 3.05) is 6.54 Å². The van der Waals surface area contributed by atoms with E-state index in [-0.39, 0.29) is 24.2 Å². The molecule has 0 saturated carbocycles. The lowest BCUT2D eigenvalue weighted by atomic mass is 9.95. The summed E-state index contributed by atoms with van der Waals surface area (Å²) in [6.45, 7) is 0.689. The number of hydrogen-bond acceptors (Lipinski definition) is 3. The van der Waals surface area contributed by atoms with Gasteiger partial charge in [0.1, 0.15) is 5.75 Å². The summed E-state index contributed by atoms with van der Waals surface area (Å²) in [7, 11) is 0. The second kappa shape index (κ2) is 7.34. The molecule has 0 aromatic heterocycles. The van der Waals surface area contributed by atoms with Crippen LogP contribution in [0.1, 0.15) is 30.9 Å². The third-order valence-corrected chi connectivity index (χ3v) is 3.29. The predicted octanol–water partition coefficient (Wildman–Crippen LogP) is 3.10. The highest BCUT2D eigenvalue weighted by atomic mass is 35.5. The molecule has 0 spiro atoms. The van der Waals surface area contributed by atoms with Gasteiger partial charge >= 0.3 is 0 Å². The summed E-state index contributed by atoms with van der Waals surface area (Å²) in [5.41, 5.74) is 12.5. The molecule has 2 aromatic rings. The van der Waals surface area contributed by atoms with Crippen molar-refractivity contribution in [2.45, 2.75) is 25.3 Å². The number of phenolic OH excluding ortho intramolecular Hbond substituents is 1. The summed E-state index contributed by atoms with van der Waals surface area (Å²) in [6.07, 6.45) is 2.80. The number of phenols is 1. The molecule has 0 heterocycles. The minimum Gasteiger partial charge on any atom is -0.508 e. The van der Waals surface area contributed by atoms with Crippen LogP contribution in [-0.2, 0) is 0 Å². The van der Waals surface area contributed by atoms with E-state index >= 15 is 0 Å². The monoisotopic (exact) mass is 280 g/mol. The Morgan fingerprint density at radius 1 is 1.05 bits per heavy atom. The molecule has 2 rings (SSSR count). The zero-order valence-electron chi connectivity index (χ0n) is 10.9. The Labute approximate surface area is 120 Å². The Kier molecular flexibility index (Phi) is 6.09. The van der Waals surface area contributed by atoms with Gasteiger partial charge in [-0.05, 0) is 36.2 Å². The molecule has 0 aliphatic heterocycles. The van der Waals surface area contributed by atoms with Gasteiger partial charge in [0, 0.05) is 11.6 Å². The summed E-state index contributed by atoms with van der Waals surface area (Å²) in [6, 6.07) is 11.5. The molecule has 104 valence electrons. The van der Waals surface area contributed by atoms with E-state index in [9.17, 15) is 5.11 Å². The molecule has 0 aliphatic rings. The first kappa shape index (κ1) is 15.8. The Hall–Kier alpha value is -1.29. The van der Waals surface area contributed by atoms with Gasteiger partial charge in [0.05, 0.1) is 0 Å². The molecule has 3 nitrogen and oxygen atoms in total. The second-order valence-corrected chi connectivity index (χ2v) is 4.61. The zero-order chi connectivity index (χ0) is 13.0. The lowest BCUT2D eigenvalue weighted by Gasteiger charge is -2.16. The SMILES string of the molecule is Cl.NCCCC[C@H](N)c1c(O)ccc2ccccc12. The fraction of sp³-hybridized carbons (Fsp3) is 0.333. The van der Waals surface area contributed by atoms with Crippen molar-refractivity contribution in [3.8, 4) is 5.75 Å². The fourth-order valence-electron chi connectivity index (χ4n) is 2.33. The van der Waals surface area contributed by atoms with E-state index in [0.717, 1.165) is 35.6 Å². The summed E-state index contributed by atoms with van der Waals surface area (Å²) < 4.78 is 0. The number of hydrogen-bond donors (Lipinski definition) is 3. The van der Waals surface area contributed by atoms with Gasteiger partial charge in [-0.15, -0.1) is 12.4 Å². The molecule has 0 saturated heterocycles. The molecule has 1 atom stereocenters. The summed E-state index contributed by atoms with van der Waals surface area (Å²) >= 11 is 0. The molecule has 0 unspecified atom stereocenters. The highest BCUT2D eigenvalue weighted by Gasteiger charge is 2.14. The summed E-state index contributed by atoms with van der Waals surface area (Å²) in [5, 5.41) is 12.2. The van der Waals surface area contributed by atoms with Crippen LogP contribution in [-0.4, -0.2) is 11.7 Å². The maximum atomic E-state index is 10.0. The van der Waals surface area contributed by atoms with Crippen LogP contribution in [0.15, 0.2) is 36.4 Å². The van der Waals surface area contributed by atoms with Crippen molar-refractivity contribution in [3.63, 3.8) is 0 Å². The van der Waals surface area contributed by atoms with E-state index in [1.54, 1.807) is 6.07 Å². The third-order valence-electron chi connectivity index (χ3n) is 3.29. The van der Waals surface area contributed by atoms with Gasteiger partial charge < -0.3 is 16.6 Å². The van der Waals surface area contributed by atoms with E-state index < -0.39 is 0 Å². The smallest absolute Gasteiger partial charge is 0.120 e. The van der Waals surface area contributed by atoms with Crippen LogP contribution in [0.2, 0.25) is 0 Å². The molecule has 0 amide bonds. The van der Waals surface area contributed by atoms with Gasteiger partial charge in [0.25, 0.3) is 0 Å². The van der Waals surface area contributed by atoms with Crippen molar-refractivity contribution < 1.29 is 5.11 Å². The van der Waals surface area contributed by atoms with Gasteiger partial charge in [0.2, 0.25) is 0 Å². The Bertz CT molecular complexity index is 531. The molecule has 0 radical (unpaired) electrons. The van der Waals surface area contributed by atoms with E-state index in [4.69, 9.17) is 11.5 Å². The maximum Gasteiger partial charge on any atom is 0.120 e. The van der Waals surface area contributed by atoms with E-state index in [2.05, 4.69) is 0 Å². The number of nitrogens with two attached hydrogens (primary N) is 2. The molecule has 0 fully saturated rings. The fourth-order valence-corrected chi connectivity index (χ4v) is 2.33. The Balaban J connectivity index is 0.00000180. The number of unbranched alkanes of at least 4 members (excludes halogenated alkanes) is 1. The number of halogens is 1. The van der Waals surface area contributed by atoms with Crippen molar-refractivity contribution in [1.82, 2.24) is 0 Å². The van der Waals surface area contributed by atoms with Gasteiger partial charge in [0.15, 0.2) is 0 Å². The summed E-state index contributed by atoms with van der Waals surface area (Å²) in [5.74, 6) is 0.286. The maximum absolute atomic E-state index is 10.0. The zero-order valence-corrected chi connectivity index (χ0v) is 11.7. The Morgan fingerprint density at radius 3 is 2.53 bits per heavy atom. The first-order valence-electron chi connectivity index (χ1n) is 6.40. The van der Waals surface area contributed by atoms with E-state index in [0.29, 0.717) is 6.54 Å². The molecule has 2 aromatic carbocycles. The Morgan fingerprint density at radius 2 is 1.79 bits per heavy atom. The number of benzene rings is 2. The van der Waals surface area contributed by atoms with Gasteiger partial charge in [-0.25, -0.2) is 0 Å². The predicted molar refractivity (Wildman–Crippen MR) is 82.7 cm³/mol. The average molecular weight is 281 g/mol. The second-order valence-electron chi connectivity index (χ2n) is 4.61. The topological polar surface area (TPSA) is 72.3 Å². The largest absolute Gasteiger partial charge is 0.508 e. The molecule has 5 N–H and O–H groups in total. The van der Waals surface area contributed by atoms with Crippen molar-refractivity contribution in [1.29, 1.82) is 0 Å². The number of fused-ring (bicyclic) bond motifs is 1. The lowest BCUT2D eigenvalue weighted by Crippen LogP contribution is -2.12. The molecule has 0 bridgehead atoms. The molecule has 19 heavy (non-hydrogen) atoms. The van der Waals surface area contributed by atoms with E-state index in [1.807, 2.05) is 30.3 Å². The lowest BCUT2D eigenvalue weighted by molar-refractivity contribution is 0.458. The molecular weight excluding hydrogens is 260 g/mol. The van der Waals surface area contributed by atoms with E-state index in [1.165, 1.54) is 0 Å². The van der Waals surface area contributed by atoms with Crippen LogP contribution >= 0.6 is 12.4 Å². The minimum atomic E-state index is -0.136. The van der Waals surface area contributed by atoms with Crippen LogP contribution in [0.25, 0.3) is 10.8 Å². The van der Waals surface area contributed by atoms with Crippen LogP contribution in [0.5, 0.6) is 5.75 Å². The highest BCUT2D eigenvalue weighted by molar-refractivity contribution is 5.88. The molecule has 0 aliphatic carbocycles. The van der Waals surface area contributed by atoms with Crippen LogP contribution in [0.3, 0.4) is 0 Å². The van der Waals surface area contributed by atoms with Gasteiger partial charge in [-0.2, -0.15) is 0 Å². The molecular formula is C15H21ClN2O. The summed E-state index contributed by atoms with van der Waals surface area (Å²) in [4.78, 5) is 0. The van der Waals surface area contributed by atoms with Crippen LogP contribution in [0, 0.1) is 0 Å². The van der Waals surface area contributed by atoms with Gasteiger partial charge in [-0.3, -0.25) is 0 Å². The number of rotatable bonds is 5. The quantitative estimate of drug-likeness (QED) is 0.737. The average Bonchev–Trinajstić information content (AvgIpc) is 2.38. The molecule has 4 heteroatoms. The first-order chi connectivity index (χ1) is 8.74. The van der Waals surface area contributed by atoms with Gasteiger partial charge in [-0.1, -0.05) is 36.8 Å². The number of aromatic hydroxyl groups is 1. The minimum absolute atomic E-state index is 0. The third kappa shape index (κ3) is 3.60. The van der Waals surface area contributed by atoms with Crippen molar-refractivity contribution >= 4 is 23.2 Å².